The van der Waals surface area contributed by atoms with Gasteiger partial charge in [0.15, 0.2) is 0 Å². The number of rotatable bonds is 7. The molecule has 0 heterocycles. The van der Waals surface area contributed by atoms with Gasteiger partial charge in [0.1, 0.15) is 5.82 Å². The zero-order chi connectivity index (χ0) is 22.4. The Kier molecular flexibility index (Phi) is 7.69. The maximum absolute atomic E-state index is 14.1. The van der Waals surface area contributed by atoms with E-state index in [1.165, 1.54) is 17.2 Å². The van der Waals surface area contributed by atoms with Crippen molar-refractivity contribution in [3.05, 3.63) is 99.1 Å². The highest BCUT2D eigenvalue weighted by Gasteiger charge is 2.22. The van der Waals surface area contributed by atoms with Crippen molar-refractivity contribution in [2.45, 2.75) is 39.2 Å². The Morgan fingerprint density at radius 1 is 1.19 bits per heavy atom. The third-order valence-corrected chi connectivity index (χ3v) is 5.57. The molecule has 0 aliphatic heterocycles. The van der Waals surface area contributed by atoms with Crippen molar-refractivity contribution in [3.63, 3.8) is 0 Å². The predicted octanol–water partition coefficient (Wildman–Crippen LogP) is 5.37. The van der Waals surface area contributed by atoms with Crippen LogP contribution in [-0.4, -0.2) is 11.9 Å². The molecule has 6 heteroatoms. The topological polar surface area (TPSA) is 67.2 Å². The van der Waals surface area contributed by atoms with E-state index in [-0.39, 0.29) is 17.8 Å². The van der Waals surface area contributed by atoms with Crippen molar-refractivity contribution < 1.29 is 9.18 Å². The number of allylic oxidation sites excluding steroid dienone is 3. The number of carbonyl (C=O) groups excluding carboxylic acids is 1. The summed E-state index contributed by atoms with van der Waals surface area (Å²) in [6.45, 7) is 3.72. The Morgan fingerprint density at radius 2 is 1.87 bits per heavy atom. The fraction of sp³-hybridized carbons (Fsp3) is 0.240. The fourth-order valence-corrected chi connectivity index (χ4v) is 3.97. The summed E-state index contributed by atoms with van der Waals surface area (Å²) in [5, 5.41) is 6.15. The summed E-state index contributed by atoms with van der Waals surface area (Å²) in [5.41, 5.74) is 10.7. The van der Waals surface area contributed by atoms with Gasteiger partial charge in [-0.3, -0.25) is 4.79 Å². The first-order valence-electron chi connectivity index (χ1n) is 10.3. The zero-order valence-corrected chi connectivity index (χ0v) is 19.3. The van der Waals surface area contributed by atoms with Gasteiger partial charge in [0.2, 0.25) is 5.91 Å². The lowest BCUT2D eigenvalue weighted by atomic mass is 10.1. The number of nitrogens with two attached hydrogens (primary N) is 1. The predicted molar refractivity (Wildman–Crippen MR) is 128 cm³/mol. The Balaban J connectivity index is 1.66. The van der Waals surface area contributed by atoms with Gasteiger partial charge in [-0.25, -0.2) is 4.39 Å². The van der Waals surface area contributed by atoms with Crippen molar-refractivity contribution in [1.29, 1.82) is 0 Å². The van der Waals surface area contributed by atoms with E-state index >= 15 is 0 Å². The zero-order valence-electron chi connectivity index (χ0n) is 17.7. The van der Waals surface area contributed by atoms with E-state index in [1.54, 1.807) is 31.2 Å². The van der Waals surface area contributed by atoms with Crippen LogP contribution in [0.1, 0.15) is 31.4 Å². The van der Waals surface area contributed by atoms with Crippen LogP contribution in [0.5, 0.6) is 0 Å². The van der Waals surface area contributed by atoms with E-state index in [1.807, 2.05) is 25.1 Å². The minimum absolute atomic E-state index is 0.0928. The minimum atomic E-state index is -0.360. The second-order valence-corrected chi connectivity index (χ2v) is 8.55. The maximum atomic E-state index is 14.1. The van der Waals surface area contributed by atoms with E-state index in [0.29, 0.717) is 22.7 Å². The molecule has 0 saturated heterocycles. The van der Waals surface area contributed by atoms with Gasteiger partial charge in [0.25, 0.3) is 0 Å². The average Bonchev–Trinajstić information content (AvgIpc) is 3.13. The van der Waals surface area contributed by atoms with Crippen LogP contribution in [0.2, 0.25) is 0 Å². The number of anilines is 1. The van der Waals surface area contributed by atoms with Crippen molar-refractivity contribution in [2.75, 3.05) is 5.32 Å². The molecule has 1 aliphatic rings. The van der Waals surface area contributed by atoms with Gasteiger partial charge in [-0.15, -0.1) is 0 Å². The molecule has 3 rings (SSSR count). The van der Waals surface area contributed by atoms with E-state index in [2.05, 4.69) is 38.7 Å². The van der Waals surface area contributed by atoms with Gasteiger partial charge < -0.3 is 16.4 Å². The smallest absolute Gasteiger partial charge is 0.247 e. The van der Waals surface area contributed by atoms with Crippen LogP contribution in [0, 0.1) is 5.82 Å². The number of benzene rings is 2. The summed E-state index contributed by atoms with van der Waals surface area (Å²) in [5.74, 6) is -0.498. The fourth-order valence-electron chi connectivity index (χ4n) is 3.61. The number of hydrogen-bond donors (Lipinski definition) is 3. The van der Waals surface area contributed by atoms with Gasteiger partial charge in [-0.2, -0.15) is 0 Å². The summed E-state index contributed by atoms with van der Waals surface area (Å²) >= 11 is 3.35. The number of fused-ring (bicyclic) bond motifs is 1. The molecule has 162 valence electrons. The number of halogens is 2. The lowest BCUT2D eigenvalue weighted by Crippen LogP contribution is -2.35. The van der Waals surface area contributed by atoms with Crippen LogP contribution < -0.4 is 16.4 Å². The van der Waals surface area contributed by atoms with E-state index in [0.717, 1.165) is 23.7 Å². The van der Waals surface area contributed by atoms with Crippen LogP contribution >= 0.6 is 15.9 Å². The highest BCUT2D eigenvalue weighted by Crippen LogP contribution is 2.23. The van der Waals surface area contributed by atoms with Gasteiger partial charge in [0, 0.05) is 27.5 Å². The molecule has 0 bridgehead atoms. The number of amides is 1. The minimum Gasteiger partial charge on any atom is -0.399 e. The lowest BCUT2D eigenvalue weighted by Gasteiger charge is -2.13. The largest absolute Gasteiger partial charge is 0.399 e. The molecule has 0 aromatic heterocycles. The Labute approximate surface area is 191 Å². The quantitative estimate of drug-likeness (QED) is 0.366. The molecule has 1 amide bonds. The Morgan fingerprint density at radius 3 is 2.52 bits per heavy atom. The van der Waals surface area contributed by atoms with E-state index < -0.39 is 0 Å². The lowest BCUT2D eigenvalue weighted by molar-refractivity contribution is -0.118. The third kappa shape index (κ3) is 6.31. The standard InChI is InChI=1S/C25H27BrFN3O/c1-3-6-21(29-24-14-19(26)9-10-23(24)27)15-20(28)11-16(2)25(31)30-22-12-17-7-4-5-8-18(17)13-22/h4-11,14-15,22,29H,3,12-13,28H2,1-2H3,(H,30,31)/b16-11+,20-15+,21-6-. The molecular weight excluding hydrogens is 457 g/mol. The molecule has 31 heavy (non-hydrogen) atoms. The molecule has 0 unspecified atom stereocenters. The van der Waals surface area contributed by atoms with Crippen LogP contribution in [-0.2, 0) is 17.6 Å². The number of carbonyl (C=O) groups is 1. The molecule has 0 radical (unpaired) electrons. The summed E-state index contributed by atoms with van der Waals surface area (Å²) < 4.78 is 14.9. The number of nitrogens with one attached hydrogen (secondary N) is 2. The molecule has 1 aliphatic carbocycles. The molecule has 4 N–H and O–H groups in total. The number of hydrogen-bond acceptors (Lipinski definition) is 3. The third-order valence-electron chi connectivity index (χ3n) is 5.08. The second kappa shape index (κ2) is 10.4. The highest BCUT2D eigenvalue weighted by molar-refractivity contribution is 9.10. The molecule has 4 nitrogen and oxygen atoms in total. The SMILES string of the molecule is CC/C=C(/C=C(N)\C=C(/C)C(=O)NC1Cc2ccccc2C1)Nc1cc(Br)ccc1F. The summed E-state index contributed by atoms with van der Waals surface area (Å²) in [7, 11) is 0. The first-order valence-corrected chi connectivity index (χ1v) is 11.1. The van der Waals surface area contributed by atoms with Crippen LogP contribution in [0.4, 0.5) is 10.1 Å². The van der Waals surface area contributed by atoms with Gasteiger partial charge in [-0.1, -0.05) is 53.2 Å². The molecule has 0 saturated carbocycles. The van der Waals surface area contributed by atoms with Crippen molar-refractivity contribution in [2.24, 2.45) is 5.73 Å². The van der Waals surface area contributed by atoms with Crippen molar-refractivity contribution in [3.8, 4) is 0 Å². The molecule has 0 spiro atoms. The van der Waals surface area contributed by atoms with E-state index in [4.69, 9.17) is 5.73 Å². The Hall–Kier alpha value is -2.86. The van der Waals surface area contributed by atoms with Crippen molar-refractivity contribution in [1.82, 2.24) is 5.32 Å². The van der Waals surface area contributed by atoms with Gasteiger partial charge in [-0.05, 0) is 67.7 Å². The normalized spacial score (nSPS) is 15.0. The molecule has 0 fully saturated rings. The van der Waals surface area contributed by atoms with Gasteiger partial charge in [0.05, 0.1) is 5.69 Å². The summed E-state index contributed by atoms with van der Waals surface area (Å²) in [6.07, 6.45) is 7.67. The second-order valence-electron chi connectivity index (χ2n) is 7.64. The first kappa shape index (κ1) is 22.8. The van der Waals surface area contributed by atoms with Crippen LogP contribution in [0.25, 0.3) is 0 Å². The first-order chi connectivity index (χ1) is 14.9. The monoisotopic (exact) mass is 483 g/mol. The highest BCUT2D eigenvalue weighted by atomic mass is 79.9. The average molecular weight is 484 g/mol. The summed E-state index contributed by atoms with van der Waals surface area (Å²) in [4.78, 5) is 12.6. The Bertz CT molecular complexity index is 1030. The van der Waals surface area contributed by atoms with E-state index in [9.17, 15) is 9.18 Å². The maximum Gasteiger partial charge on any atom is 0.247 e. The molecule has 2 aromatic rings. The summed E-state index contributed by atoms with van der Waals surface area (Å²) in [6, 6.07) is 13.0. The molecule has 2 aromatic carbocycles. The van der Waals surface area contributed by atoms with Crippen LogP contribution in [0.15, 0.2) is 82.1 Å². The molecule has 0 atom stereocenters. The van der Waals surface area contributed by atoms with Gasteiger partial charge >= 0.3 is 0 Å². The molecular formula is C25H27BrFN3O. The van der Waals surface area contributed by atoms with Crippen LogP contribution in [0.3, 0.4) is 0 Å². The van der Waals surface area contributed by atoms with Crippen molar-refractivity contribution >= 4 is 27.5 Å².